The molecule has 0 spiro atoms. The monoisotopic (exact) mass is 360 g/mol. The van der Waals surface area contributed by atoms with Gasteiger partial charge in [0.1, 0.15) is 0 Å². The second-order valence-electron chi connectivity index (χ2n) is 6.30. The summed E-state index contributed by atoms with van der Waals surface area (Å²) in [4.78, 5) is 35.6. The summed E-state index contributed by atoms with van der Waals surface area (Å²) in [6.45, 7) is 1.79. The molecule has 4 amide bonds. The van der Waals surface area contributed by atoms with E-state index in [2.05, 4.69) is 16.0 Å². The molecule has 0 bridgehead atoms. The van der Waals surface area contributed by atoms with Crippen LogP contribution in [0.4, 0.5) is 4.79 Å². The van der Waals surface area contributed by atoms with Crippen molar-refractivity contribution in [2.24, 2.45) is 0 Å². The third-order valence-electron chi connectivity index (χ3n) is 4.46. The van der Waals surface area contributed by atoms with Crippen molar-refractivity contribution < 1.29 is 14.4 Å². The fourth-order valence-corrected chi connectivity index (χ4v) is 3.13. The predicted octanol–water partition coefficient (Wildman–Crippen LogP) is 1.17. The molecule has 1 saturated heterocycles. The molecule has 7 nitrogen and oxygen atoms in total. The van der Waals surface area contributed by atoms with E-state index in [4.69, 9.17) is 0 Å². The highest BCUT2D eigenvalue weighted by atomic mass is 35.5. The molecule has 2 aliphatic rings. The number of rotatable bonds is 8. The third-order valence-corrected chi connectivity index (χ3v) is 4.46. The molecule has 1 heterocycles. The number of halogens is 1. The van der Waals surface area contributed by atoms with Crippen LogP contribution in [-0.2, 0) is 9.59 Å². The van der Waals surface area contributed by atoms with E-state index >= 15 is 0 Å². The van der Waals surface area contributed by atoms with Crippen LogP contribution >= 0.6 is 12.4 Å². The van der Waals surface area contributed by atoms with Crippen molar-refractivity contribution in [1.29, 1.82) is 0 Å². The first-order valence-electron chi connectivity index (χ1n) is 8.75. The van der Waals surface area contributed by atoms with Crippen LogP contribution in [0.2, 0.25) is 0 Å². The molecule has 0 atom stereocenters. The molecule has 0 radical (unpaired) electrons. The zero-order valence-electron chi connectivity index (χ0n) is 14.1. The lowest BCUT2D eigenvalue weighted by Gasteiger charge is -2.16. The molecule has 2 rings (SSSR count). The molecule has 24 heavy (non-hydrogen) atoms. The van der Waals surface area contributed by atoms with Crippen LogP contribution in [0.25, 0.3) is 0 Å². The molecule has 8 heteroatoms. The molecule has 3 N–H and O–H groups in total. The van der Waals surface area contributed by atoms with Gasteiger partial charge < -0.3 is 16.0 Å². The number of carbonyl (C=O) groups excluding carboxylic acids is 3. The lowest BCUT2D eigenvalue weighted by Crippen LogP contribution is -2.37. The summed E-state index contributed by atoms with van der Waals surface area (Å²) in [5, 5.41) is 8.85. The van der Waals surface area contributed by atoms with Gasteiger partial charge >= 0.3 is 6.03 Å². The van der Waals surface area contributed by atoms with E-state index in [1.807, 2.05) is 0 Å². The Morgan fingerprint density at radius 3 is 2.46 bits per heavy atom. The van der Waals surface area contributed by atoms with E-state index < -0.39 is 0 Å². The van der Waals surface area contributed by atoms with E-state index in [1.165, 1.54) is 43.4 Å². The standard InChI is InChI=1S/C16H28N4O3.ClH/c21-14(8-5-11-20-15(22)12-19-16(20)23)18-10-9-17-13-6-3-1-2-4-7-13;/h13,17H,1-12H2,(H,18,21)(H,19,23);1H. The smallest absolute Gasteiger partial charge is 0.324 e. The maximum Gasteiger partial charge on any atom is 0.324 e. The summed E-state index contributed by atoms with van der Waals surface area (Å²) in [5.74, 6) is -0.247. The Morgan fingerprint density at radius 2 is 1.83 bits per heavy atom. The Bertz CT molecular complexity index is 410. The number of nitrogens with one attached hydrogen (secondary N) is 3. The van der Waals surface area contributed by atoms with E-state index in [0.717, 1.165) is 6.54 Å². The first-order chi connectivity index (χ1) is 11.2. The van der Waals surface area contributed by atoms with Gasteiger partial charge in [0.15, 0.2) is 0 Å². The first-order valence-corrected chi connectivity index (χ1v) is 8.75. The maximum atomic E-state index is 11.7. The molecule has 1 aliphatic carbocycles. The van der Waals surface area contributed by atoms with Gasteiger partial charge in [0.2, 0.25) is 11.8 Å². The third kappa shape index (κ3) is 7.05. The average Bonchev–Trinajstić information content (AvgIpc) is 2.74. The first kappa shape index (κ1) is 20.7. The lowest BCUT2D eigenvalue weighted by atomic mass is 10.1. The van der Waals surface area contributed by atoms with Crippen LogP contribution in [-0.4, -0.2) is 55.0 Å². The zero-order chi connectivity index (χ0) is 16.5. The fourth-order valence-electron chi connectivity index (χ4n) is 3.13. The van der Waals surface area contributed by atoms with Gasteiger partial charge in [-0.05, 0) is 19.3 Å². The zero-order valence-corrected chi connectivity index (χ0v) is 15.0. The van der Waals surface area contributed by atoms with Gasteiger partial charge in [-0.1, -0.05) is 25.7 Å². The van der Waals surface area contributed by atoms with Crippen LogP contribution in [0.1, 0.15) is 51.4 Å². The van der Waals surface area contributed by atoms with Crippen LogP contribution < -0.4 is 16.0 Å². The Labute approximate surface area is 149 Å². The minimum atomic E-state index is -0.358. The molecular formula is C16H29ClN4O3. The Hall–Kier alpha value is -1.34. The highest BCUT2D eigenvalue weighted by Crippen LogP contribution is 2.16. The maximum absolute atomic E-state index is 11.7. The van der Waals surface area contributed by atoms with E-state index in [-0.39, 0.29) is 36.8 Å². The summed E-state index contributed by atoms with van der Waals surface area (Å²) < 4.78 is 0. The Morgan fingerprint density at radius 1 is 1.12 bits per heavy atom. The number of hydrogen-bond acceptors (Lipinski definition) is 4. The average molecular weight is 361 g/mol. The van der Waals surface area contributed by atoms with Crippen LogP contribution in [0, 0.1) is 0 Å². The molecule has 138 valence electrons. The number of nitrogens with zero attached hydrogens (tertiary/aromatic N) is 1. The van der Waals surface area contributed by atoms with Crippen molar-refractivity contribution in [3.8, 4) is 0 Å². The fraction of sp³-hybridized carbons (Fsp3) is 0.812. The van der Waals surface area contributed by atoms with Gasteiger partial charge in [0, 0.05) is 32.1 Å². The predicted molar refractivity (Wildman–Crippen MR) is 94.1 cm³/mol. The molecule has 1 saturated carbocycles. The molecule has 1 aliphatic heterocycles. The minimum absolute atomic E-state index is 0. The summed E-state index contributed by atoms with van der Waals surface area (Å²) in [6, 6.07) is 0.233. The van der Waals surface area contributed by atoms with Crippen molar-refractivity contribution in [3.05, 3.63) is 0 Å². The highest BCUT2D eigenvalue weighted by Gasteiger charge is 2.27. The van der Waals surface area contributed by atoms with Crippen LogP contribution in [0.15, 0.2) is 0 Å². The second kappa shape index (κ2) is 11.3. The van der Waals surface area contributed by atoms with Gasteiger partial charge in [-0.15, -0.1) is 12.4 Å². The summed E-state index contributed by atoms with van der Waals surface area (Å²) in [5.41, 5.74) is 0. The van der Waals surface area contributed by atoms with Crippen molar-refractivity contribution in [3.63, 3.8) is 0 Å². The number of hydrogen-bond donors (Lipinski definition) is 3. The minimum Gasteiger partial charge on any atom is -0.355 e. The Kier molecular flexibility index (Phi) is 9.71. The van der Waals surface area contributed by atoms with Crippen LogP contribution in [0.5, 0.6) is 0 Å². The number of amides is 4. The Balaban J connectivity index is 0.00000288. The van der Waals surface area contributed by atoms with E-state index in [9.17, 15) is 14.4 Å². The molecule has 0 aromatic carbocycles. The summed E-state index contributed by atoms with van der Waals surface area (Å²) in [7, 11) is 0. The lowest BCUT2D eigenvalue weighted by molar-refractivity contribution is -0.126. The van der Waals surface area contributed by atoms with Gasteiger partial charge in [-0.3, -0.25) is 14.5 Å². The molecule has 2 fully saturated rings. The summed E-state index contributed by atoms with van der Waals surface area (Å²) >= 11 is 0. The van der Waals surface area contributed by atoms with Gasteiger partial charge in [0.25, 0.3) is 0 Å². The van der Waals surface area contributed by atoms with E-state index in [1.54, 1.807) is 0 Å². The van der Waals surface area contributed by atoms with Gasteiger partial charge in [0.05, 0.1) is 6.54 Å². The topological polar surface area (TPSA) is 90.5 Å². The number of imide groups is 1. The molecule has 0 aromatic heterocycles. The van der Waals surface area contributed by atoms with Gasteiger partial charge in [-0.25, -0.2) is 4.79 Å². The highest BCUT2D eigenvalue weighted by molar-refractivity contribution is 6.01. The van der Waals surface area contributed by atoms with Crippen molar-refractivity contribution in [2.45, 2.75) is 57.4 Å². The molecular weight excluding hydrogens is 332 g/mol. The molecule has 0 aromatic rings. The van der Waals surface area contributed by atoms with Crippen LogP contribution in [0.3, 0.4) is 0 Å². The normalized spacial score (nSPS) is 18.8. The number of carbonyl (C=O) groups is 3. The van der Waals surface area contributed by atoms with E-state index in [0.29, 0.717) is 32.0 Å². The molecule has 0 unspecified atom stereocenters. The van der Waals surface area contributed by atoms with Gasteiger partial charge in [-0.2, -0.15) is 0 Å². The SMILES string of the molecule is Cl.O=C(CCCN1C(=O)CNC1=O)NCCNC1CCCCCC1. The quantitative estimate of drug-likeness (QED) is 0.344. The summed E-state index contributed by atoms with van der Waals surface area (Å²) in [6.07, 6.45) is 8.58. The van der Waals surface area contributed by atoms with Crippen molar-refractivity contribution in [2.75, 3.05) is 26.2 Å². The largest absolute Gasteiger partial charge is 0.355 e. The van der Waals surface area contributed by atoms with Crippen molar-refractivity contribution >= 4 is 30.3 Å². The second-order valence-corrected chi connectivity index (χ2v) is 6.30. The van der Waals surface area contributed by atoms with Crippen molar-refractivity contribution in [1.82, 2.24) is 20.9 Å². The number of urea groups is 1.